The Balaban J connectivity index is 2.78. The van der Waals surface area contributed by atoms with Gasteiger partial charge in [-0.2, -0.15) is 0 Å². The first-order valence-corrected chi connectivity index (χ1v) is 6.02. The molecule has 0 saturated carbocycles. The zero-order chi connectivity index (χ0) is 13.9. The minimum absolute atomic E-state index is 0.0802. The van der Waals surface area contributed by atoms with E-state index in [1.807, 2.05) is 52.0 Å². The zero-order valence-electron chi connectivity index (χ0n) is 11.7. The van der Waals surface area contributed by atoms with Crippen molar-refractivity contribution in [3.63, 3.8) is 0 Å². The van der Waals surface area contributed by atoms with Gasteiger partial charge in [0.1, 0.15) is 5.60 Å². The van der Waals surface area contributed by atoms with Crippen LogP contribution in [0.5, 0.6) is 0 Å². The number of hydrogen-bond donors (Lipinski definition) is 1. The lowest BCUT2D eigenvalue weighted by atomic mass is 10.1. The first-order chi connectivity index (χ1) is 8.20. The van der Waals surface area contributed by atoms with E-state index >= 15 is 0 Å². The van der Waals surface area contributed by atoms with Gasteiger partial charge in [-0.25, -0.2) is 4.79 Å². The average molecular weight is 250 g/mol. The summed E-state index contributed by atoms with van der Waals surface area (Å²) in [5.74, 6) is 0. The second-order valence-electron chi connectivity index (χ2n) is 5.44. The Kier molecular flexibility index (Phi) is 4.22. The third-order valence-electron chi connectivity index (χ3n) is 2.66. The van der Waals surface area contributed by atoms with Gasteiger partial charge in [0.15, 0.2) is 0 Å². The van der Waals surface area contributed by atoms with Gasteiger partial charge < -0.3 is 15.4 Å². The summed E-state index contributed by atoms with van der Waals surface area (Å²) in [7, 11) is 1.72. The smallest absolute Gasteiger partial charge is 0.410 e. The lowest BCUT2D eigenvalue weighted by Crippen LogP contribution is -2.35. The molecule has 1 aromatic carbocycles. The second-order valence-corrected chi connectivity index (χ2v) is 5.44. The number of carbonyl (C=O) groups is 1. The molecule has 4 nitrogen and oxygen atoms in total. The zero-order valence-corrected chi connectivity index (χ0v) is 11.7. The molecule has 18 heavy (non-hydrogen) atoms. The molecule has 0 aliphatic carbocycles. The minimum atomic E-state index is -0.485. The Morgan fingerprint density at radius 3 is 2.50 bits per heavy atom. The van der Waals surface area contributed by atoms with Crippen molar-refractivity contribution in [2.45, 2.75) is 39.3 Å². The van der Waals surface area contributed by atoms with Crippen LogP contribution in [0.4, 0.5) is 10.5 Å². The Hall–Kier alpha value is -1.71. The molecule has 0 spiro atoms. The van der Waals surface area contributed by atoms with Crippen molar-refractivity contribution < 1.29 is 9.53 Å². The molecular weight excluding hydrogens is 228 g/mol. The number of nitrogens with two attached hydrogens (primary N) is 1. The minimum Gasteiger partial charge on any atom is -0.444 e. The molecule has 4 heteroatoms. The Morgan fingerprint density at radius 1 is 1.39 bits per heavy atom. The number of rotatable bonds is 2. The summed E-state index contributed by atoms with van der Waals surface area (Å²) >= 11 is 0. The first-order valence-electron chi connectivity index (χ1n) is 6.02. The number of nitrogen functional groups attached to an aromatic ring is 1. The van der Waals surface area contributed by atoms with Crippen molar-refractivity contribution in [1.82, 2.24) is 4.90 Å². The molecule has 0 aromatic heterocycles. The number of amides is 1. The maximum absolute atomic E-state index is 11.9. The van der Waals surface area contributed by atoms with Gasteiger partial charge in [-0.1, -0.05) is 12.1 Å². The predicted octanol–water partition coefficient (Wildman–Crippen LogP) is 3.20. The summed E-state index contributed by atoms with van der Waals surface area (Å²) in [6, 6.07) is 7.43. The van der Waals surface area contributed by atoms with Crippen LogP contribution < -0.4 is 5.73 Å². The monoisotopic (exact) mass is 250 g/mol. The quantitative estimate of drug-likeness (QED) is 0.820. The van der Waals surface area contributed by atoms with E-state index in [9.17, 15) is 4.79 Å². The molecule has 1 atom stereocenters. The normalized spacial score (nSPS) is 12.9. The van der Waals surface area contributed by atoms with Crippen molar-refractivity contribution in [3.8, 4) is 0 Å². The van der Waals surface area contributed by atoms with Gasteiger partial charge in [-0.05, 0) is 45.4 Å². The van der Waals surface area contributed by atoms with Crippen LogP contribution in [0.3, 0.4) is 0 Å². The fraction of sp³-hybridized carbons (Fsp3) is 0.500. The average Bonchev–Trinajstić information content (AvgIpc) is 2.24. The summed E-state index contributed by atoms with van der Waals surface area (Å²) in [5.41, 5.74) is 6.94. The number of ether oxygens (including phenoxy) is 1. The molecule has 0 aliphatic heterocycles. The molecule has 2 N–H and O–H groups in total. The molecule has 0 bridgehead atoms. The predicted molar refractivity (Wildman–Crippen MR) is 73.3 cm³/mol. The van der Waals surface area contributed by atoms with E-state index in [2.05, 4.69) is 0 Å². The second kappa shape index (κ2) is 5.29. The van der Waals surface area contributed by atoms with Crippen molar-refractivity contribution in [3.05, 3.63) is 29.8 Å². The highest BCUT2D eigenvalue weighted by atomic mass is 16.6. The Bertz CT molecular complexity index is 424. The van der Waals surface area contributed by atoms with Crippen LogP contribution in [0, 0.1) is 0 Å². The Labute approximate surface area is 109 Å². The standard InChI is InChI=1S/C14H22N2O2/c1-10(11-7-6-8-12(15)9-11)16(5)13(17)18-14(2,3)4/h6-10H,15H2,1-5H3/t10-/m1/s1. The van der Waals surface area contributed by atoms with E-state index < -0.39 is 5.60 Å². The maximum atomic E-state index is 11.9. The number of nitrogens with zero attached hydrogens (tertiary/aromatic N) is 1. The molecule has 1 aromatic rings. The lowest BCUT2D eigenvalue weighted by molar-refractivity contribution is 0.0234. The highest BCUT2D eigenvalue weighted by molar-refractivity contribution is 5.68. The SMILES string of the molecule is C[C@H](c1cccc(N)c1)N(C)C(=O)OC(C)(C)C. The largest absolute Gasteiger partial charge is 0.444 e. The van der Waals surface area contributed by atoms with E-state index in [1.165, 1.54) is 0 Å². The summed E-state index contributed by atoms with van der Waals surface area (Å²) in [5, 5.41) is 0. The van der Waals surface area contributed by atoms with E-state index in [0.717, 1.165) is 5.56 Å². The van der Waals surface area contributed by atoms with E-state index in [-0.39, 0.29) is 12.1 Å². The van der Waals surface area contributed by atoms with Crippen LogP contribution in [-0.4, -0.2) is 23.6 Å². The molecule has 0 unspecified atom stereocenters. The third kappa shape index (κ3) is 3.95. The molecule has 1 amide bonds. The lowest BCUT2D eigenvalue weighted by Gasteiger charge is -2.29. The van der Waals surface area contributed by atoms with Crippen molar-refractivity contribution >= 4 is 11.8 Å². The molecule has 0 aliphatic rings. The van der Waals surface area contributed by atoms with E-state index in [4.69, 9.17) is 10.5 Å². The van der Waals surface area contributed by atoms with E-state index in [1.54, 1.807) is 11.9 Å². The molecular formula is C14H22N2O2. The molecule has 100 valence electrons. The maximum Gasteiger partial charge on any atom is 0.410 e. The highest BCUT2D eigenvalue weighted by Gasteiger charge is 2.23. The first kappa shape index (κ1) is 14.4. The fourth-order valence-electron chi connectivity index (χ4n) is 1.53. The van der Waals surface area contributed by atoms with Gasteiger partial charge in [0.05, 0.1) is 6.04 Å². The van der Waals surface area contributed by atoms with Crippen LogP contribution >= 0.6 is 0 Å². The van der Waals surface area contributed by atoms with Crippen LogP contribution in [0.25, 0.3) is 0 Å². The van der Waals surface area contributed by atoms with Crippen LogP contribution in [-0.2, 0) is 4.74 Å². The molecule has 0 radical (unpaired) electrons. The topological polar surface area (TPSA) is 55.6 Å². The summed E-state index contributed by atoms with van der Waals surface area (Å²) < 4.78 is 5.33. The molecule has 0 heterocycles. The van der Waals surface area contributed by atoms with Crippen LogP contribution in [0.15, 0.2) is 24.3 Å². The number of hydrogen-bond acceptors (Lipinski definition) is 3. The van der Waals surface area contributed by atoms with Crippen LogP contribution in [0.1, 0.15) is 39.3 Å². The van der Waals surface area contributed by atoms with E-state index in [0.29, 0.717) is 5.69 Å². The Morgan fingerprint density at radius 2 is 2.00 bits per heavy atom. The van der Waals surface area contributed by atoms with Crippen molar-refractivity contribution in [2.75, 3.05) is 12.8 Å². The number of benzene rings is 1. The summed E-state index contributed by atoms with van der Waals surface area (Å²) in [4.78, 5) is 13.5. The number of anilines is 1. The van der Waals surface area contributed by atoms with Gasteiger partial charge in [0.25, 0.3) is 0 Å². The molecule has 1 rings (SSSR count). The van der Waals surface area contributed by atoms with Gasteiger partial charge in [0, 0.05) is 12.7 Å². The third-order valence-corrected chi connectivity index (χ3v) is 2.66. The fourth-order valence-corrected chi connectivity index (χ4v) is 1.53. The highest BCUT2D eigenvalue weighted by Crippen LogP contribution is 2.22. The van der Waals surface area contributed by atoms with Crippen molar-refractivity contribution in [1.29, 1.82) is 0 Å². The van der Waals surface area contributed by atoms with Crippen LogP contribution in [0.2, 0.25) is 0 Å². The van der Waals surface area contributed by atoms with Gasteiger partial charge in [-0.15, -0.1) is 0 Å². The van der Waals surface area contributed by atoms with Gasteiger partial charge >= 0.3 is 6.09 Å². The number of carbonyl (C=O) groups excluding carboxylic acids is 1. The summed E-state index contributed by atoms with van der Waals surface area (Å²) in [6.07, 6.45) is -0.336. The molecule has 0 saturated heterocycles. The van der Waals surface area contributed by atoms with Gasteiger partial charge in [-0.3, -0.25) is 0 Å². The summed E-state index contributed by atoms with van der Waals surface area (Å²) in [6.45, 7) is 7.50. The molecule has 0 fully saturated rings. The van der Waals surface area contributed by atoms with Gasteiger partial charge in [0.2, 0.25) is 0 Å². The van der Waals surface area contributed by atoms with Crippen molar-refractivity contribution in [2.24, 2.45) is 0 Å².